The molecule has 0 aliphatic rings. The number of ether oxygens (including phenoxy) is 1. The highest BCUT2D eigenvalue weighted by atomic mass is 79.9. The summed E-state index contributed by atoms with van der Waals surface area (Å²) in [5.41, 5.74) is -0.00846. The molecule has 0 spiro atoms. The van der Waals surface area contributed by atoms with E-state index in [-0.39, 0.29) is 27.8 Å². The molecule has 7 heteroatoms. The molecule has 0 amide bonds. The van der Waals surface area contributed by atoms with E-state index in [9.17, 15) is 14.9 Å². The second-order valence-corrected chi connectivity index (χ2v) is 5.07. The van der Waals surface area contributed by atoms with E-state index in [0.29, 0.717) is 10.8 Å². The van der Waals surface area contributed by atoms with Gasteiger partial charge in [-0.15, -0.1) is 0 Å². The summed E-state index contributed by atoms with van der Waals surface area (Å²) in [4.78, 5) is 21.4. The predicted molar refractivity (Wildman–Crippen MR) is 77.7 cm³/mol. The Morgan fingerprint density at radius 3 is 2.70 bits per heavy atom. The number of benzene rings is 2. The van der Waals surface area contributed by atoms with Crippen molar-refractivity contribution in [3.8, 4) is 11.5 Å². The van der Waals surface area contributed by atoms with Crippen molar-refractivity contribution in [3.63, 3.8) is 0 Å². The lowest BCUT2D eigenvalue weighted by molar-refractivity contribution is -0.385. The van der Waals surface area contributed by atoms with Gasteiger partial charge in [0.15, 0.2) is 12.0 Å². The van der Waals surface area contributed by atoms with Crippen LogP contribution in [0.3, 0.4) is 0 Å². The van der Waals surface area contributed by atoms with Crippen LogP contribution in [0, 0.1) is 10.1 Å². The standard InChI is InChI=1S/C13H7BrClNO4/c14-9-4-5-12(11(6-9)16(18)19)20-13-8(7-17)2-1-3-10(13)15/h1-7H. The van der Waals surface area contributed by atoms with E-state index in [1.807, 2.05) is 0 Å². The maximum absolute atomic E-state index is 11.0. The van der Waals surface area contributed by atoms with Gasteiger partial charge in [-0.3, -0.25) is 14.9 Å². The number of nitro groups is 1. The molecule has 20 heavy (non-hydrogen) atoms. The summed E-state index contributed by atoms with van der Waals surface area (Å²) < 4.78 is 6.00. The number of hydrogen-bond acceptors (Lipinski definition) is 4. The van der Waals surface area contributed by atoms with Crippen LogP contribution in [-0.4, -0.2) is 11.2 Å². The van der Waals surface area contributed by atoms with E-state index in [1.165, 1.54) is 24.3 Å². The molecule has 0 bridgehead atoms. The van der Waals surface area contributed by atoms with Crippen LogP contribution < -0.4 is 4.74 Å². The van der Waals surface area contributed by atoms with Gasteiger partial charge in [0.2, 0.25) is 5.75 Å². The SMILES string of the molecule is O=Cc1cccc(Cl)c1Oc1ccc(Br)cc1[N+](=O)[O-]. The highest BCUT2D eigenvalue weighted by molar-refractivity contribution is 9.10. The van der Waals surface area contributed by atoms with E-state index in [0.717, 1.165) is 0 Å². The lowest BCUT2D eigenvalue weighted by Gasteiger charge is -2.10. The minimum Gasteiger partial charge on any atom is -0.448 e. The quantitative estimate of drug-likeness (QED) is 0.455. The van der Waals surface area contributed by atoms with Crippen molar-refractivity contribution in [2.24, 2.45) is 0 Å². The lowest BCUT2D eigenvalue weighted by Crippen LogP contribution is -1.96. The number of para-hydroxylation sites is 1. The fourth-order valence-corrected chi connectivity index (χ4v) is 2.12. The molecule has 102 valence electrons. The molecule has 0 fully saturated rings. The maximum Gasteiger partial charge on any atom is 0.312 e. The second kappa shape index (κ2) is 6.02. The molecule has 0 aliphatic carbocycles. The number of rotatable bonds is 4. The van der Waals surface area contributed by atoms with Crippen molar-refractivity contribution in [3.05, 3.63) is 61.6 Å². The highest BCUT2D eigenvalue weighted by Gasteiger charge is 2.18. The first-order valence-electron chi connectivity index (χ1n) is 5.38. The van der Waals surface area contributed by atoms with Gasteiger partial charge in [0, 0.05) is 10.5 Å². The molecule has 2 rings (SSSR count). The Labute approximate surface area is 127 Å². The van der Waals surface area contributed by atoms with Crippen molar-refractivity contribution in [2.45, 2.75) is 0 Å². The summed E-state index contributed by atoms with van der Waals surface area (Å²) in [7, 11) is 0. The maximum atomic E-state index is 11.0. The zero-order valence-corrected chi connectivity index (χ0v) is 12.2. The summed E-state index contributed by atoms with van der Waals surface area (Å²) in [6.07, 6.45) is 0.575. The van der Waals surface area contributed by atoms with Crippen LogP contribution in [0.4, 0.5) is 5.69 Å². The van der Waals surface area contributed by atoms with Crippen LogP contribution in [0.1, 0.15) is 10.4 Å². The number of nitro benzene ring substituents is 1. The number of aldehydes is 1. The van der Waals surface area contributed by atoms with Gasteiger partial charge in [0.1, 0.15) is 0 Å². The molecule has 2 aromatic carbocycles. The van der Waals surface area contributed by atoms with Crippen LogP contribution in [0.15, 0.2) is 40.9 Å². The Hall–Kier alpha value is -1.92. The minimum absolute atomic E-state index is 0.00870. The molecule has 2 aromatic rings. The zero-order valence-electron chi connectivity index (χ0n) is 9.88. The first kappa shape index (κ1) is 14.5. The Morgan fingerprint density at radius 2 is 2.05 bits per heavy atom. The third kappa shape index (κ3) is 2.97. The van der Waals surface area contributed by atoms with Gasteiger partial charge in [-0.25, -0.2) is 0 Å². The van der Waals surface area contributed by atoms with Crippen molar-refractivity contribution in [1.82, 2.24) is 0 Å². The molecule has 0 atom stereocenters. The number of halogens is 2. The third-order valence-corrected chi connectivity index (χ3v) is 3.24. The molecule has 0 radical (unpaired) electrons. The second-order valence-electron chi connectivity index (χ2n) is 3.75. The van der Waals surface area contributed by atoms with Crippen LogP contribution in [0.25, 0.3) is 0 Å². The first-order valence-corrected chi connectivity index (χ1v) is 6.55. The van der Waals surface area contributed by atoms with Crippen LogP contribution in [-0.2, 0) is 0 Å². The first-order chi connectivity index (χ1) is 9.52. The van der Waals surface area contributed by atoms with Crippen molar-refractivity contribution in [1.29, 1.82) is 0 Å². The molecule has 0 saturated heterocycles. The number of carbonyl (C=O) groups excluding carboxylic acids is 1. The monoisotopic (exact) mass is 355 g/mol. The summed E-state index contributed by atoms with van der Waals surface area (Å²) in [6, 6.07) is 8.98. The van der Waals surface area contributed by atoms with Gasteiger partial charge in [0.25, 0.3) is 0 Å². The van der Waals surface area contributed by atoms with Crippen molar-refractivity contribution >= 4 is 39.5 Å². The largest absolute Gasteiger partial charge is 0.448 e. The molecule has 0 aliphatic heterocycles. The fraction of sp³-hybridized carbons (Fsp3) is 0. The molecule has 0 heterocycles. The fourth-order valence-electron chi connectivity index (χ4n) is 1.56. The normalized spacial score (nSPS) is 10.1. The summed E-state index contributed by atoms with van der Waals surface area (Å²) in [5.74, 6) is 0.101. The summed E-state index contributed by atoms with van der Waals surface area (Å²) >= 11 is 9.11. The third-order valence-electron chi connectivity index (χ3n) is 2.45. The van der Waals surface area contributed by atoms with Crippen LogP contribution in [0.2, 0.25) is 5.02 Å². The molecule has 0 N–H and O–H groups in total. The Kier molecular flexibility index (Phi) is 4.36. The Balaban J connectivity index is 2.50. The van der Waals surface area contributed by atoms with Gasteiger partial charge >= 0.3 is 5.69 Å². The number of nitrogens with zero attached hydrogens (tertiary/aromatic N) is 1. The zero-order chi connectivity index (χ0) is 14.7. The molecular weight excluding hydrogens is 350 g/mol. The number of hydrogen-bond donors (Lipinski definition) is 0. The molecule has 5 nitrogen and oxygen atoms in total. The van der Waals surface area contributed by atoms with E-state index < -0.39 is 4.92 Å². The summed E-state index contributed by atoms with van der Waals surface area (Å²) in [5, 5.41) is 11.2. The van der Waals surface area contributed by atoms with E-state index in [4.69, 9.17) is 16.3 Å². The molecule has 0 unspecified atom stereocenters. The minimum atomic E-state index is -0.572. The molecular formula is C13H7BrClNO4. The Morgan fingerprint density at radius 1 is 1.30 bits per heavy atom. The number of carbonyl (C=O) groups is 1. The van der Waals surface area contributed by atoms with Crippen LogP contribution in [0.5, 0.6) is 11.5 Å². The predicted octanol–water partition coefficient (Wildman–Crippen LogP) is 4.62. The van der Waals surface area contributed by atoms with Gasteiger partial charge < -0.3 is 4.74 Å². The van der Waals surface area contributed by atoms with Gasteiger partial charge in [-0.1, -0.05) is 33.6 Å². The topological polar surface area (TPSA) is 69.4 Å². The molecule has 0 aromatic heterocycles. The van der Waals surface area contributed by atoms with Gasteiger partial charge in [0.05, 0.1) is 15.5 Å². The highest BCUT2D eigenvalue weighted by Crippen LogP contribution is 2.37. The molecule has 0 saturated carbocycles. The van der Waals surface area contributed by atoms with Crippen molar-refractivity contribution < 1.29 is 14.5 Å². The lowest BCUT2D eigenvalue weighted by atomic mass is 10.2. The van der Waals surface area contributed by atoms with E-state index in [2.05, 4.69) is 15.9 Å². The van der Waals surface area contributed by atoms with Crippen LogP contribution >= 0.6 is 27.5 Å². The van der Waals surface area contributed by atoms with E-state index >= 15 is 0 Å². The average Bonchev–Trinajstić information content (AvgIpc) is 2.42. The van der Waals surface area contributed by atoms with Gasteiger partial charge in [-0.2, -0.15) is 0 Å². The average molecular weight is 357 g/mol. The van der Waals surface area contributed by atoms with Gasteiger partial charge in [-0.05, 0) is 24.3 Å². The smallest absolute Gasteiger partial charge is 0.312 e. The Bertz CT molecular complexity index is 690. The van der Waals surface area contributed by atoms with E-state index in [1.54, 1.807) is 12.1 Å². The van der Waals surface area contributed by atoms with Crippen molar-refractivity contribution in [2.75, 3.05) is 0 Å². The summed E-state index contributed by atoms with van der Waals surface area (Å²) in [6.45, 7) is 0.